The second-order valence-electron chi connectivity index (χ2n) is 6.03. The molecule has 0 amide bonds. The molecule has 0 fully saturated rings. The number of hydrogen-bond acceptors (Lipinski definition) is 4. The van der Waals surface area contributed by atoms with E-state index in [9.17, 15) is 15.2 Å². The van der Waals surface area contributed by atoms with Gasteiger partial charge in [0.2, 0.25) is 6.10 Å². The van der Waals surface area contributed by atoms with Crippen LogP contribution in [-0.2, 0) is 0 Å². The fourth-order valence-corrected chi connectivity index (χ4v) is 3.54. The van der Waals surface area contributed by atoms with Crippen LogP contribution in [0.4, 0.5) is 0 Å². The Kier molecular flexibility index (Phi) is 3.63. The highest BCUT2D eigenvalue weighted by molar-refractivity contribution is 6.23. The lowest BCUT2D eigenvalue weighted by Gasteiger charge is -2.37. The minimum Gasteiger partial charge on any atom is -0.476 e. The van der Waals surface area contributed by atoms with Crippen molar-refractivity contribution in [3.8, 4) is 5.75 Å². The topological polar surface area (TPSA) is 72.6 Å². The molecule has 0 bridgehead atoms. The van der Waals surface area contributed by atoms with E-state index in [1.165, 1.54) is 0 Å². The predicted molar refractivity (Wildman–Crippen MR) is 94.3 cm³/mol. The van der Waals surface area contributed by atoms with E-state index in [2.05, 4.69) is 0 Å². The van der Waals surface area contributed by atoms with Gasteiger partial charge < -0.3 is 9.84 Å². The zero-order chi connectivity index (χ0) is 17.6. The molecule has 0 saturated carbocycles. The molecule has 0 saturated heterocycles. The number of nitrogens with zero attached hydrogens (tertiary/aromatic N) is 1. The smallest absolute Gasteiger partial charge is 0.364 e. The largest absolute Gasteiger partial charge is 0.476 e. The summed E-state index contributed by atoms with van der Waals surface area (Å²) in [5, 5.41) is 24.3. The van der Waals surface area contributed by atoms with Crippen LogP contribution in [0.25, 0.3) is 10.8 Å². The first-order chi connectivity index (χ1) is 12.0. The lowest BCUT2D eigenvalue weighted by molar-refractivity contribution is -0.570. The van der Waals surface area contributed by atoms with Crippen LogP contribution in [0.2, 0.25) is 0 Å². The van der Waals surface area contributed by atoms with Crippen molar-refractivity contribution in [3.63, 3.8) is 0 Å². The van der Waals surface area contributed by atoms with Crippen molar-refractivity contribution >= 4 is 22.4 Å². The van der Waals surface area contributed by atoms with Crippen LogP contribution in [0.3, 0.4) is 0 Å². The van der Waals surface area contributed by atoms with Crippen molar-refractivity contribution in [1.82, 2.24) is 0 Å². The summed E-state index contributed by atoms with van der Waals surface area (Å²) >= 11 is 6.37. The Balaban J connectivity index is 1.90. The van der Waals surface area contributed by atoms with Crippen LogP contribution < -0.4 is 4.74 Å². The molecule has 5 nitrogen and oxygen atoms in total. The molecule has 1 aliphatic heterocycles. The van der Waals surface area contributed by atoms with Crippen molar-refractivity contribution in [2.24, 2.45) is 0 Å². The number of nitro groups is 1. The molecule has 25 heavy (non-hydrogen) atoms. The van der Waals surface area contributed by atoms with Crippen molar-refractivity contribution in [2.75, 3.05) is 0 Å². The molecule has 6 heteroatoms. The molecule has 3 aromatic rings. The maximum atomic E-state index is 11.8. The highest BCUT2D eigenvalue weighted by Gasteiger charge is 2.61. The number of benzene rings is 3. The first-order valence-electron chi connectivity index (χ1n) is 7.77. The van der Waals surface area contributed by atoms with Crippen molar-refractivity contribution in [3.05, 3.63) is 88.0 Å². The summed E-state index contributed by atoms with van der Waals surface area (Å²) in [7, 11) is 0. The summed E-state index contributed by atoms with van der Waals surface area (Å²) in [4.78, 5) is 8.89. The number of halogens is 1. The molecule has 0 aliphatic carbocycles. The standard InChI is InChI=1S/C19H14ClNO4/c20-19(21(23)24)17(22)15-7-3-4-8-16(15)25-18(19)14-10-9-12-5-1-2-6-13(12)11-14/h1-11,17-18,22H/t17-,18-,19+/m0/s1. The lowest BCUT2D eigenvalue weighted by Crippen LogP contribution is -2.49. The number of alkyl halides is 1. The van der Waals surface area contributed by atoms with Crippen LogP contribution >= 0.6 is 11.6 Å². The van der Waals surface area contributed by atoms with Gasteiger partial charge in [0.05, 0.1) is 4.92 Å². The number of ether oxygens (including phenoxy) is 1. The molecule has 3 aromatic carbocycles. The van der Waals surface area contributed by atoms with E-state index in [-0.39, 0.29) is 0 Å². The van der Waals surface area contributed by atoms with E-state index >= 15 is 0 Å². The zero-order valence-electron chi connectivity index (χ0n) is 13.0. The zero-order valence-corrected chi connectivity index (χ0v) is 13.8. The second kappa shape index (κ2) is 5.72. The lowest BCUT2D eigenvalue weighted by atomic mass is 9.89. The maximum Gasteiger partial charge on any atom is 0.364 e. The van der Waals surface area contributed by atoms with E-state index in [1.54, 1.807) is 36.4 Å². The molecule has 0 radical (unpaired) electrons. The third-order valence-electron chi connectivity index (χ3n) is 4.57. The van der Waals surface area contributed by atoms with Gasteiger partial charge in [-0.3, -0.25) is 10.1 Å². The molecule has 3 atom stereocenters. The van der Waals surface area contributed by atoms with Gasteiger partial charge in [0.15, 0.2) is 6.10 Å². The Hall–Kier alpha value is -2.63. The van der Waals surface area contributed by atoms with Gasteiger partial charge in [-0.15, -0.1) is 0 Å². The predicted octanol–water partition coefficient (Wildman–Crippen LogP) is 4.22. The van der Waals surface area contributed by atoms with E-state index in [4.69, 9.17) is 16.3 Å². The molecule has 0 spiro atoms. The molecule has 4 rings (SSSR count). The average molecular weight is 356 g/mol. The van der Waals surface area contributed by atoms with Gasteiger partial charge in [-0.25, -0.2) is 0 Å². The fraction of sp³-hybridized carbons (Fsp3) is 0.158. The fourth-order valence-electron chi connectivity index (χ4n) is 3.25. The van der Waals surface area contributed by atoms with Gasteiger partial charge in [-0.05, 0) is 34.5 Å². The monoisotopic (exact) mass is 355 g/mol. The summed E-state index contributed by atoms with van der Waals surface area (Å²) in [5.41, 5.74) is 0.852. The highest BCUT2D eigenvalue weighted by Crippen LogP contribution is 2.51. The minimum absolute atomic E-state index is 0.311. The number of rotatable bonds is 2. The van der Waals surface area contributed by atoms with Gasteiger partial charge in [0, 0.05) is 11.1 Å². The number of fused-ring (bicyclic) bond motifs is 2. The number of aliphatic hydroxyl groups excluding tert-OH is 1. The minimum atomic E-state index is -2.21. The molecule has 126 valence electrons. The van der Waals surface area contributed by atoms with Crippen molar-refractivity contribution in [2.45, 2.75) is 17.2 Å². The number of hydrogen-bond donors (Lipinski definition) is 1. The SMILES string of the molecule is O=[N+]([O-])[C@]1(Cl)[C@@H](O)c2ccccc2O[C@H]1c1ccc2ccccc2c1. The Morgan fingerprint density at radius 2 is 1.72 bits per heavy atom. The van der Waals surface area contributed by atoms with Crippen LogP contribution in [0.15, 0.2) is 66.7 Å². The van der Waals surface area contributed by atoms with Crippen LogP contribution in [-0.4, -0.2) is 15.0 Å². The van der Waals surface area contributed by atoms with E-state index in [1.807, 2.05) is 30.3 Å². The van der Waals surface area contributed by atoms with Crippen LogP contribution in [0.5, 0.6) is 5.75 Å². The van der Waals surface area contributed by atoms with E-state index in [0.717, 1.165) is 10.8 Å². The average Bonchev–Trinajstić information content (AvgIpc) is 2.64. The number of para-hydroxylation sites is 1. The van der Waals surface area contributed by atoms with Gasteiger partial charge in [0.1, 0.15) is 5.75 Å². The normalized spacial score (nSPS) is 25.2. The maximum absolute atomic E-state index is 11.8. The number of aliphatic hydroxyl groups is 1. The van der Waals surface area contributed by atoms with Crippen LogP contribution in [0.1, 0.15) is 23.3 Å². The third kappa shape index (κ3) is 2.35. The molecular formula is C19H14ClNO4. The van der Waals surface area contributed by atoms with Crippen LogP contribution in [0, 0.1) is 10.1 Å². The molecule has 1 aliphatic rings. The Morgan fingerprint density at radius 3 is 2.48 bits per heavy atom. The molecule has 0 unspecified atom stereocenters. The van der Waals surface area contributed by atoms with Gasteiger partial charge in [-0.1, -0.05) is 54.6 Å². The first-order valence-corrected chi connectivity index (χ1v) is 8.15. The summed E-state index contributed by atoms with van der Waals surface area (Å²) in [6.45, 7) is 0. The Labute approximate surface area is 148 Å². The van der Waals surface area contributed by atoms with E-state index in [0.29, 0.717) is 16.9 Å². The highest BCUT2D eigenvalue weighted by atomic mass is 35.5. The molecule has 0 aromatic heterocycles. The summed E-state index contributed by atoms with van der Waals surface area (Å²) in [6, 6.07) is 19.8. The van der Waals surface area contributed by atoms with Crippen molar-refractivity contribution < 1.29 is 14.8 Å². The van der Waals surface area contributed by atoms with Gasteiger partial charge in [-0.2, -0.15) is 0 Å². The summed E-state index contributed by atoms with van der Waals surface area (Å²) in [6.07, 6.45) is -2.62. The molecular weight excluding hydrogens is 342 g/mol. The first kappa shape index (κ1) is 15.9. The molecule has 1 heterocycles. The van der Waals surface area contributed by atoms with Gasteiger partial charge >= 0.3 is 5.00 Å². The van der Waals surface area contributed by atoms with Gasteiger partial charge in [0.25, 0.3) is 0 Å². The Morgan fingerprint density at radius 1 is 1.04 bits per heavy atom. The third-order valence-corrected chi connectivity index (χ3v) is 5.11. The Bertz CT molecular complexity index is 976. The summed E-state index contributed by atoms with van der Waals surface area (Å²) < 4.78 is 5.88. The summed E-state index contributed by atoms with van der Waals surface area (Å²) in [5.74, 6) is 0.395. The van der Waals surface area contributed by atoms with Crippen molar-refractivity contribution in [1.29, 1.82) is 0 Å². The second-order valence-corrected chi connectivity index (χ2v) is 6.64. The van der Waals surface area contributed by atoms with E-state index < -0.39 is 22.1 Å². The quantitative estimate of drug-likeness (QED) is 0.323. The molecule has 1 N–H and O–H groups in total.